The minimum absolute atomic E-state index is 0.0723. The summed E-state index contributed by atoms with van der Waals surface area (Å²) < 4.78 is 5.11. The average molecular weight is 343 g/mol. The average Bonchev–Trinajstić information content (AvgIpc) is 2.90. The number of halogens is 1. The lowest BCUT2D eigenvalue weighted by atomic mass is 10.1. The summed E-state index contributed by atoms with van der Waals surface area (Å²) in [7, 11) is 0. The Labute approximate surface area is 142 Å². The maximum atomic E-state index is 12.0. The molecule has 0 aromatic heterocycles. The third-order valence-corrected chi connectivity index (χ3v) is 3.63. The van der Waals surface area contributed by atoms with Gasteiger partial charge in [-0.3, -0.25) is 10.1 Å². The summed E-state index contributed by atoms with van der Waals surface area (Å²) in [5, 5.41) is 11.7. The van der Waals surface area contributed by atoms with Gasteiger partial charge in [0.15, 0.2) is 5.70 Å². The molecule has 2 aromatic carbocycles. The number of nitrogens with zero attached hydrogens (tertiary/aromatic N) is 2. The molecule has 0 saturated carbocycles. The highest BCUT2D eigenvalue weighted by atomic mass is 35.5. The summed E-state index contributed by atoms with van der Waals surface area (Å²) in [6.07, 6.45) is 1.54. The largest absolute Gasteiger partial charge is 0.402 e. The molecular weight excluding hydrogens is 332 g/mol. The zero-order valence-electron chi connectivity index (χ0n) is 12.5. The second-order valence-corrected chi connectivity index (χ2v) is 5.60. The van der Waals surface area contributed by atoms with Crippen molar-refractivity contribution in [3.05, 3.63) is 80.0 Å². The summed E-state index contributed by atoms with van der Waals surface area (Å²) in [5.74, 6) is -0.730. The van der Waals surface area contributed by atoms with Crippen LogP contribution in [0.2, 0.25) is 5.02 Å². The smallest absolute Gasteiger partial charge is 0.363 e. The van der Waals surface area contributed by atoms with E-state index in [9.17, 15) is 14.9 Å². The molecule has 2 aromatic rings. The molecule has 3 rings (SSSR count). The highest BCUT2D eigenvalue weighted by Gasteiger charge is 2.29. The second kappa shape index (κ2) is 6.25. The van der Waals surface area contributed by atoms with Crippen LogP contribution in [0.1, 0.15) is 16.7 Å². The van der Waals surface area contributed by atoms with Gasteiger partial charge < -0.3 is 4.74 Å². The van der Waals surface area contributed by atoms with Gasteiger partial charge in [0.05, 0.1) is 4.92 Å². The standard InChI is InChI=1S/C17H11ClN2O4/c1-10-2-7-15(20(22)23)13(8-10)16-19-14(17(21)24-16)9-11-3-5-12(18)6-4-11/h2-9H,1H3/b14-9+. The number of aliphatic imine (C=N–C) groups is 1. The zero-order chi connectivity index (χ0) is 17.3. The van der Waals surface area contributed by atoms with E-state index in [0.717, 1.165) is 11.1 Å². The number of cyclic esters (lactones) is 1. The van der Waals surface area contributed by atoms with Crippen molar-refractivity contribution in [2.24, 2.45) is 4.99 Å². The fourth-order valence-corrected chi connectivity index (χ4v) is 2.35. The number of nitro benzene ring substituents is 1. The van der Waals surface area contributed by atoms with E-state index in [1.54, 1.807) is 43.3 Å². The van der Waals surface area contributed by atoms with Gasteiger partial charge >= 0.3 is 5.97 Å². The summed E-state index contributed by atoms with van der Waals surface area (Å²) in [5.41, 5.74) is 1.59. The Hall–Kier alpha value is -2.99. The van der Waals surface area contributed by atoms with E-state index in [-0.39, 0.29) is 22.8 Å². The molecule has 0 atom stereocenters. The first-order valence-electron chi connectivity index (χ1n) is 6.97. The molecule has 0 radical (unpaired) electrons. The van der Waals surface area contributed by atoms with Crippen LogP contribution in [0.25, 0.3) is 6.08 Å². The van der Waals surface area contributed by atoms with Crippen LogP contribution in [-0.4, -0.2) is 16.8 Å². The van der Waals surface area contributed by atoms with Crippen molar-refractivity contribution in [2.45, 2.75) is 6.92 Å². The summed E-state index contributed by atoms with van der Waals surface area (Å²) in [6, 6.07) is 11.4. The molecule has 0 spiro atoms. The van der Waals surface area contributed by atoms with Crippen LogP contribution in [0.15, 0.2) is 53.2 Å². The van der Waals surface area contributed by atoms with Crippen LogP contribution in [-0.2, 0) is 9.53 Å². The first-order chi connectivity index (χ1) is 11.4. The van der Waals surface area contributed by atoms with Crippen LogP contribution < -0.4 is 0 Å². The Balaban J connectivity index is 2.02. The maximum absolute atomic E-state index is 12.0. The van der Waals surface area contributed by atoms with Crippen LogP contribution in [0.3, 0.4) is 0 Å². The van der Waals surface area contributed by atoms with E-state index in [0.29, 0.717) is 5.02 Å². The number of hydrogen-bond acceptors (Lipinski definition) is 5. The fraction of sp³-hybridized carbons (Fsp3) is 0.0588. The molecule has 0 fully saturated rings. The molecule has 0 aliphatic carbocycles. The normalized spacial score (nSPS) is 15.3. The molecule has 0 saturated heterocycles. The van der Waals surface area contributed by atoms with E-state index >= 15 is 0 Å². The molecule has 0 unspecified atom stereocenters. The number of benzene rings is 2. The van der Waals surface area contributed by atoms with Crippen molar-refractivity contribution in [1.82, 2.24) is 0 Å². The number of esters is 1. The maximum Gasteiger partial charge on any atom is 0.363 e. The molecule has 24 heavy (non-hydrogen) atoms. The van der Waals surface area contributed by atoms with E-state index < -0.39 is 10.9 Å². The van der Waals surface area contributed by atoms with Crippen molar-refractivity contribution in [3.8, 4) is 0 Å². The molecule has 7 heteroatoms. The van der Waals surface area contributed by atoms with Crippen molar-refractivity contribution in [2.75, 3.05) is 0 Å². The highest BCUT2D eigenvalue weighted by molar-refractivity contribution is 6.30. The van der Waals surface area contributed by atoms with E-state index in [1.807, 2.05) is 0 Å². The minimum Gasteiger partial charge on any atom is -0.402 e. The van der Waals surface area contributed by atoms with Gasteiger partial charge in [-0.2, -0.15) is 0 Å². The van der Waals surface area contributed by atoms with Crippen LogP contribution in [0, 0.1) is 17.0 Å². The first kappa shape index (κ1) is 15.9. The van der Waals surface area contributed by atoms with Crippen molar-refractivity contribution >= 4 is 35.2 Å². The highest BCUT2D eigenvalue weighted by Crippen LogP contribution is 2.26. The number of ether oxygens (including phenoxy) is 1. The lowest BCUT2D eigenvalue weighted by Gasteiger charge is -2.02. The quantitative estimate of drug-likeness (QED) is 0.366. The number of rotatable bonds is 3. The summed E-state index contributed by atoms with van der Waals surface area (Å²) >= 11 is 5.82. The van der Waals surface area contributed by atoms with Gasteiger partial charge in [-0.25, -0.2) is 9.79 Å². The van der Waals surface area contributed by atoms with Crippen LogP contribution in [0.4, 0.5) is 5.69 Å². The third-order valence-electron chi connectivity index (χ3n) is 3.37. The number of nitro groups is 1. The predicted octanol–water partition coefficient (Wildman–Crippen LogP) is 3.90. The lowest BCUT2D eigenvalue weighted by Crippen LogP contribution is -2.08. The van der Waals surface area contributed by atoms with Gasteiger partial charge in [-0.05, 0) is 42.3 Å². The van der Waals surface area contributed by atoms with Crippen LogP contribution in [0.5, 0.6) is 0 Å². The lowest BCUT2D eigenvalue weighted by molar-refractivity contribution is -0.385. The van der Waals surface area contributed by atoms with Crippen molar-refractivity contribution < 1.29 is 14.5 Å². The molecule has 1 heterocycles. The van der Waals surface area contributed by atoms with Gasteiger partial charge in [0.1, 0.15) is 5.56 Å². The molecule has 1 aliphatic rings. The molecule has 1 aliphatic heterocycles. The van der Waals surface area contributed by atoms with E-state index in [2.05, 4.69) is 4.99 Å². The number of aryl methyl sites for hydroxylation is 1. The second-order valence-electron chi connectivity index (χ2n) is 5.17. The van der Waals surface area contributed by atoms with Crippen molar-refractivity contribution in [3.63, 3.8) is 0 Å². The topological polar surface area (TPSA) is 81.8 Å². The Morgan fingerprint density at radius 2 is 1.92 bits per heavy atom. The van der Waals surface area contributed by atoms with Gasteiger partial charge in [-0.1, -0.05) is 29.8 Å². The Kier molecular flexibility index (Phi) is 4.14. The molecular formula is C17H11ClN2O4. The predicted molar refractivity (Wildman–Crippen MR) is 89.9 cm³/mol. The Morgan fingerprint density at radius 1 is 1.21 bits per heavy atom. The molecule has 0 amide bonds. The van der Waals surface area contributed by atoms with E-state index in [4.69, 9.17) is 16.3 Å². The fourth-order valence-electron chi connectivity index (χ4n) is 2.22. The van der Waals surface area contributed by atoms with E-state index in [1.165, 1.54) is 12.1 Å². The number of hydrogen-bond donors (Lipinski definition) is 0. The first-order valence-corrected chi connectivity index (χ1v) is 7.35. The molecule has 0 bridgehead atoms. The van der Waals surface area contributed by atoms with Gasteiger partial charge in [0.2, 0.25) is 5.90 Å². The SMILES string of the molecule is Cc1ccc([N+](=O)[O-])c(C2=N/C(=C/c3ccc(Cl)cc3)C(=O)O2)c1. The van der Waals surface area contributed by atoms with Crippen LogP contribution >= 0.6 is 11.6 Å². The monoisotopic (exact) mass is 342 g/mol. The summed E-state index contributed by atoms with van der Waals surface area (Å²) in [6.45, 7) is 1.79. The molecule has 0 N–H and O–H groups in total. The van der Waals surface area contributed by atoms with Gasteiger partial charge in [-0.15, -0.1) is 0 Å². The Morgan fingerprint density at radius 3 is 2.58 bits per heavy atom. The van der Waals surface area contributed by atoms with Crippen molar-refractivity contribution in [1.29, 1.82) is 0 Å². The van der Waals surface area contributed by atoms with Gasteiger partial charge in [0, 0.05) is 11.1 Å². The molecule has 6 nitrogen and oxygen atoms in total. The van der Waals surface area contributed by atoms with Gasteiger partial charge in [0.25, 0.3) is 5.69 Å². The summed E-state index contributed by atoms with van der Waals surface area (Å²) in [4.78, 5) is 26.7. The minimum atomic E-state index is -0.657. The Bertz CT molecular complexity index is 901. The third kappa shape index (κ3) is 3.18. The number of carbonyl (C=O) groups is 1. The zero-order valence-corrected chi connectivity index (χ0v) is 13.3. The number of carbonyl (C=O) groups excluding carboxylic acids is 1. The molecule has 120 valence electrons.